The average molecular weight is 211 g/mol. The molecular weight excluding hydrogens is 190 g/mol. The van der Waals surface area contributed by atoms with Crippen LogP contribution in [-0.2, 0) is 4.79 Å². The van der Waals surface area contributed by atoms with Gasteiger partial charge in [0.25, 0.3) is 0 Å². The number of likely N-dealkylation sites (tertiary alicyclic amines) is 1. The smallest absolute Gasteiger partial charge is 0.306 e. The van der Waals surface area contributed by atoms with Crippen LogP contribution in [0.5, 0.6) is 0 Å². The molecule has 0 spiro atoms. The van der Waals surface area contributed by atoms with Crippen molar-refractivity contribution in [3.8, 4) is 0 Å². The second kappa shape index (κ2) is 4.52. The normalized spacial score (nSPS) is 34.5. The number of carboxylic acid groups (broad SMARTS) is 1. The van der Waals surface area contributed by atoms with E-state index in [1.165, 1.54) is 25.9 Å². The zero-order valence-corrected chi connectivity index (χ0v) is 9.48. The molecule has 0 amide bonds. The highest BCUT2D eigenvalue weighted by Gasteiger charge is 2.33. The van der Waals surface area contributed by atoms with Crippen LogP contribution in [0, 0.1) is 11.8 Å². The maximum Gasteiger partial charge on any atom is 0.306 e. The molecule has 86 valence electrons. The average Bonchev–Trinajstić information content (AvgIpc) is 2.68. The molecule has 2 fully saturated rings. The van der Waals surface area contributed by atoms with Crippen LogP contribution in [0.2, 0.25) is 0 Å². The fourth-order valence-corrected chi connectivity index (χ4v) is 2.91. The van der Waals surface area contributed by atoms with Gasteiger partial charge in [0, 0.05) is 6.04 Å². The third kappa shape index (κ3) is 2.51. The van der Waals surface area contributed by atoms with Crippen LogP contribution < -0.4 is 0 Å². The second-order valence-electron chi connectivity index (χ2n) is 5.22. The van der Waals surface area contributed by atoms with Gasteiger partial charge >= 0.3 is 5.97 Å². The number of carboxylic acids is 1. The van der Waals surface area contributed by atoms with E-state index in [0.29, 0.717) is 6.04 Å². The summed E-state index contributed by atoms with van der Waals surface area (Å²) in [5, 5.41) is 8.95. The monoisotopic (exact) mass is 211 g/mol. The third-order valence-corrected chi connectivity index (χ3v) is 4.09. The predicted molar refractivity (Wildman–Crippen MR) is 58.7 cm³/mol. The van der Waals surface area contributed by atoms with Gasteiger partial charge < -0.3 is 10.0 Å². The van der Waals surface area contributed by atoms with Crippen LogP contribution in [0.1, 0.15) is 39.0 Å². The van der Waals surface area contributed by atoms with Gasteiger partial charge in [-0.3, -0.25) is 4.79 Å². The molecule has 1 saturated carbocycles. The molecule has 2 rings (SSSR count). The molecule has 1 aliphatic carbocycles. The Labute approximate surface area is 91.5 Å². The SMILES string of the molecule is CC1CCN(C2CCC(C(=O)O)C2)CC1. The van der Waals surface area contributed by atoms with Crippen molar-refractivity contribution >= 4 is 5.97 Å². The van der Waals surface area contributed by atoms with E-state index in [1.54, 1.807) is 0 Å². The summed E-state index contributed by atoms with van der Waals surface area (Å²) in [5.74, 6) is 0.190. The molecule has 1 heterocycles. The van der Waals surface area contributed by atoms with Crippen molar-refractivity contribution in [2.45, 2.75) is 45.1 Å². The second-order valence-corrected chi connectivity index (χ2v) is 5.22. The van der Waals surface area contributed by atoms with Gasteiger partial charge in [0.2, 0.25) is 0 Å². The minimum atomic E-state index is -0.595. The van der Waals surface area contributed by atoms with Gasteiger partial charge in [-0.1, -0.05) is 6.92 Å². The first kappa shape index (κ1) is 10.9. The lowest BCUT2D eigenvalue weighted by Gasteiger charge is -2.34. The van der Waals surface area contributed by atoms with E-state index in [1.807, 2.05) is 0 Å². The van der Waals surface area contributed by atoms with Crippen molar-refractivity contribution in [2.24, 2.45) is 11.8 Å². The van der Waals surface area contributed by atoms with Crippen LogP contribution >= 0.6 is 0 Å². The summed E-state index contributed by atoms with van der Waals surface area (Å²) in [7, 11) is 0. The van der Waals surface area contributed by atoms with E-state index in [0.717, 1.165) is 25.2 Å². The van der Waals surface area contributed by atoms with Crippen molar-refractivity contribution in [1.29, 1.82) is 0 Å². The van der Waals surface area contributed by atoms with E-state index in [-0.39, 0.29) is 5.92 Å². The summed E-state index contributed by atoms with van der Waals surface area (Å²) in [6.45, 7) is 4.67. The summed E-state index contributed by atoms with van der Waals surface area (Å²) < 4.78 is 0. The summed E-state index contributed by atoms with van der Waals surface area (Å²) in [6, 6.07) is 0.554. The minimum Gasteiger partial charge on any atom is -0.481 e. The molecule has 2 atom stereocenters. The summed E-state index contributed by atoms with van der Waals surface area (Å²) in [5.41, 5.74) is 0. The molecule has 2 unspecified atom stereocenters. The Hall–Kier alpha value is -0.570. The predicted octanol–water partition coefficient (Wildman–Crippen LogP) is 1.97. The Morgan fingerprint density at radius 1 is 1.20 bits per heavy atom. The number of carbonyl (C=O) groups is 1. The fraction of sp³-hybridized carbons (Fsp3) is 0.917. The maximum absolute atomic E-state index is 10.9. The summed E-state index contributed by atoms with van der Waals surface area (Å²) in [6.07, 6.45) is 5.42. The van der Waals surface area contributed by atoms with Gasteiger partial charge in [-0.15, -0.1) is 0 Å². The molecule has 2 aliphatic rings. The fourth-order valence-electron chi connectivity index (χ4n) is 2.91. The van der Waals surface area contributed by atoms with Gasteiger partial charge in [-0.2, -0.15) is 0 Å². The lowest BCUT2D eigenvalue weighted by Crippen LogP contribution is -2.39. The van der Waals surface area contributed by atoms with Crippen molar-refractivity contribution in [1.82, 2.24) is 4.90 Å². The molecule has 0 radical (unpaired) electrons. The van der Waals surface area contributed by atoms with Crippen molar-refractivity contribution < 1.29 is 9.90 Å². The first-order chi connectivity index (χ1) is 7.16. The Morgan fingerprint density at radius 2 is 1.87 bits per heavy atom. The zero-order chi connectivity index (χ0) is 10.8. The lowest BCUT2D eigenvalue weighted by atomic mass is 9.97. The third-order valence-electron chi connectivity index (χ3n) is 4.09. The summed E-state index contributed by atoms with van der Waals surface area (Å²) in [4.78, 5) is 13.4. The van der Waals surface area contributed by atoms with Gasteiger partial charge in [-0.25, -0.2) is 0 Å². The maximum atomic E-state index is 10.9. The molecule has 1 aliphatic heterocycles. The number of hydrogen-bond donors (Lipinski definition) is 1. The van der Waals surface area contributed by atoms with Crippen LogP contribution in [0.25, 0.3) is 0 Å². The standard InChI is InChI=1S/C12H21NO2/c1-9-4-6-13(7-5-9)11-3-2-10(8-11)12(14)15/h9-11H,2-8H2,1H3,(H,14,15). The molecule has 15 heavy (non-hydrogen) atoms. The van der Waals surface area contributed by atoms with Gasteiger partial charge in [-0.05, 0) is 51.1 Å². The number of nitrogens with zero attached hydrogens (tertiary/aromatic N) is 1. The highest BCUT2D eigenvalue weighted by Crippen LogP contribution is 2.31. The largest absolute Gasteiger partial charge is 0.481 e. The van der Waals surface area contributed by atoms with Crippen molar-refractivity contribution in [2.75, 3.05) is 13.1 Å². The van der Waals surface area contributed by atoms with E-state index in [2.05, 4.69) is 11.8 Å². The Kier molecular flexibility index (Phi) is 3.29. The number of hydrogen-bond acceptors (Lipinski definition) is 2. The van der Waals surface area contributed by atoms with E-state index >= 15 is 0 Å². The highest BCUT2D eigenvalue weighted by atomic mass is 16.4. The molecule has 0 bridgehead atoms. The van der Waals surface area contributed by atoms with E-state index in [4.69, 9.17) is 5.11 Å². The Balaban J connectivity index is 1.83. The minimum absolute atomic E-state index is 0.0747. The Morgan fingerprint density at radius 3 is 2.40 bits per heavy atom. The molecule has 0 aromatic carbocycles. The highest BCUT2D eigenvalue weighted by molar-refractivity contribution is 5.70. The van der Waals surface area contributed by atoms with Crippen molar-refractivity contribution in [3.05, 3.63) is 0 Å². The van der Waals surface area contributed by atoms with E-state index < -0.39 is 5.97 Å². The van der Waals surface area contributed by atoms with Crippen LogP contribution in [-0.4, -0.2) is 35.1 Å². The molecular formula is C12H21NO2. The van der Waals surface area contributed by atoms with Gasteiger partial charge in [0.15, 0.2) is 0 Å². The van der Waals surface area contributed by atoms with Crippen LogP contribution in [0.15, 0.2) is 0 Å². The van der Waals surface area contributed by atoms with E-state index in [9.17, 15) is 4.79 Å². The zero-order valence-electron chi connectivity index (χ0n) is 9.48. The molecule has 0 aromatic rings. The number of piperidine rings is 1. The van der Waals surface area contributed by atoms with Gasteiger partial charge in [0.05, 0.1) is 5.92 Å². The molecule has 3 heteroatoms. The first-order valence-electron chi connectivity index (χ1n) is 6.13. The van der Waals surface area contributed by atoms with Crippen LogP contribution in [0.4, 0.5) is 0 Å². The molecule has 0 aromatic heterocycles. The quantitative estimate of drug-likeness (QED) is 0.759. The van der Waals surface area contributed by atoms with Gasteiger partial charge in [0.1, 0.15) is 0 Å². The molecule has 1 saturated heterocycles. The van der Waals surface area contributed by atoms with Crippen molar-refractivity contribution in [3.63, 3.8) is 0 Å². The number of rotatable bonds is 2. The molecule has 1 N–H and O–H groups in total. The lowest BCUT2D eigenvalue weighted by molar-refractivity contribution is -0.141. The Bertz CT molecular complexity index is 234. The van der Waals surface area contributed by atoms with Crippen LogP contribution in [0.3, 0.4) is 0 Å². The topological polar surface area (TPSA) is 40.5 Å². The summed E-state index contributed by atoms with van der Waals surface area (Å²) >= 11 is 0. The molecule has 3 nitrogen and oxygen atoms in total. The first-order valence-corrected chi connectivity index (χ1v) is 6.13. The number of aliphatic carboxylic acids is 1.